The van der Waals surface area contributed by atoms with Crippen molar-refractivity contribution in [1.29, 1.82) is 0 Å². The first-order valence-electron chi connectivity index (χ1n) is 7.27. The minimum absolute atomic E-state index is 0.0187. The maximum Gasteiger partial charge on any atom is 0.307 e. The fourth-order valence-electron chi connectivity index (χ4n) is 1.74. The highest BCUT2D eigenvalue weighted by Gasteiger charge is 2.07. The van der Waals surface area contributed by atoms with Crippen LogP contribution in [0.5, 0.6) is 11.5 Å². The first kappa shape index (κ1) is 16.3. The van der Waals surface area contributed by atoms with E-state index in [-0.39, 0.29) is 6.42 Å². The van der Waals surface area contributed by atoms with Crippen LogP contribution in [0.4, 0.5) is 0 Å². The number of unbranched alkanes of at least 4 members (excludes halogenated alkanes) is 2. The molecule has 0 saturated heterocycles. The monoisotopic (exact) mass is 280 g/mol. The largest absolute Gasteiger partial charge is 0.493 e. The minimum atomic E-state index is -0.852. The van der Waals surface area contributed by atoms with Crippen LogP contribution >= 0.6 is 0 Å². The fourth-order valence-corrected chi connectivity index (χ4v) is 1.74. The van der Waals surface area contributed by atoms with Crippen molar-refractivity contribution in [3.63, 3.8) is 0 Å². The first-order valence-corrected chi connectivity index (χ1v) is 7.27. The van der Waals surface area contributed by atoms with Gasteiger partial charge in [0.25, 0.3) is 0 Å². The van der Waals surface area contributed by atoms with Crippen molar-refractivity contribution in [2.75, 3.05) is 13.2 Å². The molecule has 0 saturated carbocycles. The molecule has 0 aromatic heterocycles. The fraction of sp³-hybridized carbons (Fsp3) is 0.562. The molecule has 0 spiro atoms. The van der Waals surface area contributed by atoms with E-state index >= 15 is 0 Å². The zero-order chi connectivity index (χ0) is 14.8. The Morgan fingerprint density at radius 1 is 1.00 bits per heavy atom. The predicted molar refractivity (Wildman–Crippen MR) is 78.6 cm³/mol. The summed E-state index contributed by atoms with van der Waals surface area (Å²) in [4.78, 5) is 10.8. The van der Waals surface area contributed by atoms with Crippen LogP contribution in [-0.4, -0.2) is 24.3 Å². The second-order valence-electron chi connectivity index (χ2n) is 4.79. The van der Waals surface area contributed by atoms with Gasteiger partial charge in [-0.25, -0.2) is 0 Å². The zero-order valence-corrected chi connectivity index (χ0v) is 12.4. The number of hydrogen-bond donors (Lipinski definition) is 1. The van der Waals surface area contributed by atoms with Gasteiger partial charge in [-0.15, -0.1) is 0 Å². The number of ether oxygens (including phenoxy) is 2. The second-order valence-corrected chi connectivity index (χ2v) is 4.79. The Hall–Kier alpha value is -1.71. The van der Waals surface area contributed by atoms with E-state index < -0.39 is 5.97 Å². The summed E-state index contributed by atoms with van der Waals surface area (Å²) in [6.45, 7) is 5.48. The summed E-state index contributed by atoms with van der Waals surface area (Å²) >= 11 is 0. The molecule has 0 bridgehead atoms. The van der Waals surface area contributed by atoms with Crippen LogP contribution in [0.1, 0.15) is 45.1 Å². The van der Waals surface area contributed by atoms with Crippen LogP contribution < -0.4 is 9.47 Å². The molecular formula is C16H24O4. The van der Waals surface area contributed by atoms with Crippen LogP contribution in [-0.2, 0) is 11.2 Å². The lowest BCUT2D eigenvalue weighted by molar-refractivity contribution is -0.136. The Bertz CT molecular complexity index is 387. The SMILES string of the molecule is CCCCOc1cc(CC(=O)O)cc(OCCCC)c1. The van der Waals surface area contributed by atoms with Crippen LogP contribution in [0.25, 0.3) is 0 Å². The number of aliphatic carboxylic acids is 1. The summed E-state index contributed by atoms with van der Waals surface area (Å²) in [6, 6.07) is 5.38. The molecule has 0 atom stereocenters. The average Bonchev–Trinajstić information content (AvgIpc) is 2.38. The number of carboxylic acid groups (broad SMARTS) is 1. The van der Waals surface area contributed by atoms with E-state index in [0.29, 0.717) is 30.3 Å². The molecule has 0 fully saturated rings. The normalized spacial score (nSPS) is 10.3. The molecule has 0 aliphatic rings. The summed E-state index contributed by atoms with van der Waals surface area (Å²) in [5.74, 6) is 0.516. The van der Waals surface area contributed by atoms with Crippen molar-refractivity contribution in [3.8, 4) is 11.5 Å². The van der Waals surface area contributed by atoms with E-state index in [4.69, 9.17) is 14.6 Å². The van der Waals surface area contributed by atoms with Gasteiger partial charge in [-0.1, -0.05) is 26.7 Å². The topological polar surface area (TPSA) is 55.8 Å². The number of carboxylic acids is 1. The van der Waals surface area contributed by atoms with Crippen molar-refractivity contribution in [3.05, 3.63) is 23.8 Å². The lowest BCUT2D eigenvalue weighted by atomic mass is 10.1. The van der Waals surface area contributed by atoms with Gasteiger partial charge in [0.15, 0.2) is 0 Å². The van der Waals surface area contributed by atoms with Gasteiger partial charge < -0.3 is 14.6 Å². The quantitative estimate of drug-likeness (QED) is 0.664. The summed E-state index contributed by atoms with van der Waals surface area (Å²) in [7, 11) is 0. The van der Waals surface area contributed by atoms with Crippen molar-refractivity contribution >= 4 is 5.97 Å². The highest BCUT2D eigenvalue weighted by atomic mass is 16.5. The van der Waals surface area contributed by atoms with Gasteiger partial charge >= 0.3 is 5.97 Å². The van der Waals surface area contributed by atoms with Crippen LogP contribution in [0.3, 0.4) is 0 Å². The van der Waals surface area contributed by atoms with Crippen molar-refractivity contribution < 1.29 is 19.4 Å². The van der Waals surface area contributed by atoms with E-state index in [0.717, 1.165) is 25.7 Å². The van der Waals surface area contributed by atoms with Gasteiger partial charge in [0.1, 0.15) is 11.5 Å². The third-order valence-corrected chi connectivity index (χ3v) is 2.83. The molecule has 1 aromatic rings. The maximum absolute atomic E-state index is 10.8. The molecule has 0 heterocycles. The van der Waals surface area contributed by atoms with Crippen molar-refractivity contribution in [2.24, 2.45) is 0 Å². The zero-order valence-electron chi connectivity index (χ0n) is 12.4. The molecule has 1 aromatic carbocycles. The second kappa shape index (κ2) is 9.23. The summed E-state index contributed by atoms with van der Waals surface area (Å²) < 4.78 is 11.3. The average molecular weight is 280 g/mol. The lowest BCUT2D eigenvalue weighted by Crippen LogP contribution is -2.04. The van der Waals surface area contributed by atoms with Gasteiger partial charge in [-0.3, -0.25) is 4.79 Å². The third-order valence-electron chi connectivity index (χ3n) is 2.83. The molecule has 1 N–H and O–H groups in total. The molecule has 112 valence electrons. The summed E-state index contributed by atoms with van der Waals surface area (Å²) in [6.07, 6.45) is 4.07. The minimum Gasteiger partial charge on any atom is -0.493 e. The van der Waals surface area contributed by atoms with E-state index in [9.17, 15) is 4.79 Å². The highest BCUT2D eigenvalue weighted by Crippen LogP contribution is 2.24. The molecule has 4 heteroatoms. The Labute approximate surface area is 120 Å². The van der Waals surface area contributed by atoms with Gasteiger partial charge in [-0.2, -0.15) is 0 Å². The molecule has 0 aliphatic carbocycles. The molecule has 1 rings (SSSR count). The standard InChI is InChI=1S/C16H24O4/c1-3-5-7-19-14-9-13(11-16(17)18)10-15(12-14)20-8-6-4-2/h9-10,12H,3-8,11H2,1-2H3,(H,17,18). The Morgan fingerprint density at radius 2 is 1.50 bits per heavy atom. The predicted octanol–water partition coefficient (Wildman–Crippen LogP) is 3.67. The van der Waals surface area contributed by atoms with E-state index in [2.05, 4.69) is 13.8 Å². The van der Waals surface area contributed by atoms with E-state index in [1.165, 1.54) is 0 Å². The smallest absolute Gasteiger partial charge is 0.307 e. The molecule has 0 amide bonds. The Kier molecular flexibility index (Phi) is 7.55. The molecular weight excluding hydrogens is 256 g/mol. The number of hydrogen-bond acceptors (Lipinski definition) is 3. The number of benzene rings is 1. The van der Waals surface area contributed by atoms with Crippen molar-refractivity contribution in [2.45, 2.75) is 46.0 Å². The highest BCUT2D eigenvalue weighted by molar-refractivity contribution is 5.70. The molecule has 20 heavy (non-hydrogen) atoms. The van der Waals surface area contributed by atoms with Gasteiger partial charge in [0.2, 0.25) is 0 Å². The van der Waals surface area contributed by atoms with E-state index in [1.54, 1.807) is 12.1 Å². The Balaban J connectivity index is 2.74. The molecule has 4 nitrogen and oxygen atoms in total. The lowest BCUT2D eigenvalue weighted by Gasteiger charge is -2.11. The number of rotatable bonds is 10. The van der Waals surface area contributed by atoms with Crippen LogP contribution in [0.15, 0.2) is 18.2 Å². The maximum atomic E-state index is 10.8. The van der Waals surface area contributed by atoms with E-state index in [1.807, 2.05) is 6.07 Å². The molecule has 0 unspecified atom stereocenters. The summed E-state index contributed by atoms with van der Waals surface area (Å²) in [5, 5.41) is 8.90. The van der Waals surface area contributed by atoms with Gasteiger partial charge in [0.05, 0.1) is 19.6 Å². The van der Waals surface area contributed by atoms with Gasteiger partial charge in [0, 0.05) is 6.07 Å². The Morgan fingerprint density at radius 3 is 1.90 bits per heavy atom. The van der Waals surface area contributed by atoms with Crippen LogP contribution in [0, 0.1) is 0 Å². The molecule has 0 aliphatic heterocycles. The van der Waals surface area contributed by atoms with Crippen molar-refractivity contribution in [1.82, 2.24) is 0 Å². The first-order chi connectivity index (χ1) is 9.65. The number of carbonyl (C=O) groups is 1. The summed E-state index contributed by atoms with van der Waals surface area (Å²) in [5.41, 5.74) is 0.706. The molecule has 0 radical (unpaired) electrons. The van der Waals surface area contributed by atoms with Gasteiger partial charge in [-0.05, 0) is 30.5 Å². The van der Waals surface area contributed by atoms with Crippen LogP contribution in [0.2, 0.25) is 0 Å². The third kappa shape index (κ3) is 6.45.